The molecule has 0 aliphatic heterocycles. The van der Waals surface area contributed by atoms with Crippen molar-refractivity contribution in [2.45, 2.75) is 18.9 Å². The average Bonchev–Trinajstić information content (AvgIpc) is 2.01. The Morgan fingerprint density at radius 3 is 2.77 bits per heavy atom. The summed E-state index contributed by atoms with van der Waals surface area (Å²) >= 11 is 0. The minimum absolute atomic E-state index is 0.0330. The van der Waals surface area contributed by atoms with Crippen molar-refractivity contribution in [3.05, 3.63) is 0 Å². The van der Waals surface area contributed by atoms with E-state index in [1.54, 1.807) is 7.11 Å². The van der Waals surface area contributed by atoms with Crippen molar-refractivity contribution in [3.63, 3.8) is 0 Å². The van der Waals surface area contributed by atoms with Crippen LogP contribution in [0.1, 0.15) is 12.8 Å². The molecule has 0 radical (unpaired) electrons. The van der Waals surface area contributed by atoms with Crippen LogP contribution in [0, 0.1) is 5.92 Å². The fraction of sp³-hybridized carbons (Fsp3) is 0.875. The number of hydrogen-bond donors (Lipinski definition) is 2. The number of rotatable bonds is 6. The van der Waals surface area contributed by atoms with Crippen LogP contribution in [-0.2, 0) is 14.4 Å². The van der Waals surface area contributed by atoms with E-state index < -0.39 is 5.97 Å². The van der Waals surface area contributed by atoms with Gasteiger partial charge in [-0.05, 0) is 12.8 Å². The molecule has 0 aromatic carbocycles. The number of methoxy groups -OCH3 is 1. The molecule has 1 aliphatic carbocycles. The predicted octanol–water partition coefficient (Wildman–Crippen LogP) is 0.0172. The molecule has 0 aromatic heterocycles. The highest BCUT2D eigenvalue weighted by molar-refractivity contribution is 5.72. The van der Waals surface area contributed by atoms with E-state index in [9.17, 15) is 4.79 Å². The van der Waals surface area contributed by atoms with Crippen molar-refractivity contribution in [1.29, 1.82) is 0 Å². The molecule has 0 heterocycles. The molecule has 0 aromatic rings. The van der Waals surface area contributed by atoms with Gasteiger partial charge < -0.3 is 9.84 Å². The molecule has 1 fully saturated rings. The molecule has 1 aliphatic rings. The van der Waals surface area contributed by atoms with Crippen molar-refractivity contribution in [3.8, 4) is 0 Å². The zero-order valence-corrected chi connectivity index (χ0v) is 7.66. The lowest BCUT2D eigenvalue weighted by Gasteiger charge is -2.33. The van der Waals surface area contributed by atoms with Crippen LogP contribution in [0.2, 0.25) is 0 Å². The molecule has 5 nitrogen and oxygen atoms in total. The number of carbonyl (C=O) groups is 1. The second-order valence-corrected chi connectivity index (χ2v) is 3.09. The Balaban J connectivity index is 2.05. The normalized spacial score (nSPS) is 26.8. The van der Waals surface area contributed by atoms with Crippen LogP contribution in [0.15, 0.2) is 0 Å². The Kier molecular flexibility index (Phi) is 4.14. The van der Waals surface area contributed by atoms with E-state index >= 15 is 0 Å². The summed E-state index contributed by atoms with van der Waals surface area (Å²) < 4.78 is 4.77. The van der Waals surface area contributed by atoms with Crippen LogP contribution in [0.4, 0.5) is 0 Å². The maximum absolute atomic E-state index is 10.6. The summed E-state index contributed by atoms with van der Waals surface area (Å²) in [4.78, 5) is 15.6. The van der Waals surface area contributed by atoms with Gasteiger partial charge in [-0.15, -0.1) is 0 Å². The van der Waals surface area contributed by atoms with E-state index in [0.717, 1.165) is 12.8 Å². The lowest BCUT2D eigenvalue weighted by atomic mass is 9.80. The van der Waals surface area contributed by atoms with Gasteiger partial charge in [0.15, 0.2) is 0 Å². The Bertz CT molecular complexity index is 174. The first-order valence-corrected chi connectivity index (χ1v) is 4.34. The number of carboxylic acids is 1. The molecule has 0 spiro atoms. The van der Waals surface area contributed by atoms with Gasteiger partial charge in [0.25, 0.3) is 0 Å². The third-order valence-electron chi connectivity index (χ3n) is 2.22. The van der Waals surface area contributed by atoms with Crippen LogP contribution in [0.5, 0.6) is 0 Å². The van der Waals surface area contributed by atoms with Gasteiger partial charge in [-0.2, -0.15) is 5.48 Å². The monoisotopic (exact) mass is 189 g/mol. The van der Waals surface area contributed by atoms with Crippen LogP contribution >= 0.6 is 0 Å². The summed E-state index contributed by atoms with van der Waals surface area (Å²) in [5, 5.41) is 8.69. The number of hydroxylamine groups is 1. The maximum atomic E-state index is 10.6. The van der Waals surface area contributed by atoms with Crippen LogP contribution < -0.4 is 5.48 Å². The third kappa shape index (κ3) is 2.95. The van der Waals surface area contributed by atoms with E-state index in [2.05, 4.69) is 5.48 Å². The number of carboxylic acid groups (broad SMARTS) is 1. The SMILES string of the molecule is COCCONC1CCC1C(=O)O. The maximum Gasteiger partial charge on any atom is 0.308 e. The lowest BCUT2D eigenvalue weighted by Crippen LogP contribution is -2.47. The molecule has 0 bridgehead atoms. The van der Waals surface area contributed by atoms with Crippen LogP contribution in [0.25, 0.3) is 0 Å². The van der Waals surface area contributed by atoms with E-state index in [0.29, 0.717) is 13.2 Å². The minimum Gasteiger partial charge on any atom is -0.481 e. The first-order chi connectivity index (χ1) is 6.25. The van der Waals surface area contributed by atoms with Crippen molar-refractivity contribution >= 4 is 5.97 Å². The standard InChI is InChI=1S/C8H15NO4/c1-12-4-5-13-9-7-3-2-6(7)8(10)11/h6-7,9H,2-5H2,1H3,(H,10,11). The molecule has 2 atom stereocenters. The highest BCUT2D eigenvalue weighted by Gasteiger charge is 2.36. The second kappa shape index (κ2) is 5.16. The Morgan fingerprint density at radius 1 is 1.54 bits per heavy atom. The third-order valence-corrected chi connectivity index (χ3v) is 2.22. The molecule has 2 N–H and O–H groups in total. The van der Waals surface area contributed by atoms with Crippen molar-refractivity contribution < 1.29 is 19.5 Å². The Labute approximate surface area is 77.0 Å². The summed E-state index contributed by atoms with van der Waals surface area (Å²) in [6, 6.07) is -0.0330. The molecule has 5 heteroatoms. The van der Waals surface area contributed by atoms with Gasteiger partial charge in [0.2, 0.25) is 0 Å². The summed E-state index contributed by atoms with van der Waals surface area (Å²) in [6.45, 7) is 0.955. The zero-order chi connectivity index (χ0) is 9.68. The Hall–Kier alpha value is -0.650. The summed E-state index contributed by atoms with van der Waals surface area (Å²) in [6.07, 6.45) is 1.60. The van der Waals surface area contributed by atoms with E-state index in [4.69, 9.17) is 14.7 Å². The van der Waals surface area contributed by atoms with Gasteiger partial charge in [-0.3, -0.25) is 9.63 Å². The fourth-order valence-corrected chi connectivity index (χ4v) is 1.23. The first kappa shape index (κ1) is 10.4. The molecule has 1 saturated carbocycles. The van der Waals surface area contributed by atoms with Gasteiger partial charge in [-0.1, -0.05) is 0 Å². The van der Waals surface area contributed by atoms with Gasteiger partial charge >= 0.3 is 5.97 Å². The quantitative estimate of drug-likeness (QED) is 0.455. The molecular formula is C8H15NO4. The van der Waals surface area contributed by atoms with E-state index in [1.165, 1.54) is 0 Å². The molecule has 13 heavy (non-hydrogen) atoms. The smallest absolute Gasteiger partial charge is 0.308 e. The predicted molar refractivity (Wildman–Crippen MR) is 45.1 cm³/mol. The van der Waals surface area contributed by atoms with Gasteiger partial charge in [0.1, 0.15) is 0 Å². The molecule has 0 saturated heterocycles. The molecule has 2 unspecified atom stereocenters. The minimum atomic E-state index is -0.751. The second-order valence-electron chi connectivity index (χ2n) is 3.09. The summed E-state index contributed by atoms with van der Waals surface area (Å²) in [5.41, 5.74) is 2.72. The van der Waals surface area contributed by atoms with Gasteiger partial charge in [-0.25, -0.2) is 0 Å². The molecule has 76 valence electrons. The first-order valence-electron chi connectivity index (χ1n) is 4.34. The zero-order valence-electron chi connectivity index (χ0n) is 7.66. The van der Waals surface area contributed by atoms with Gasteiger partial charge in [0, 0.05) is 13.2 Å². The van der Waals surface area contributed by atoms with Crippen molar-refractivity contribution in [2.75, 3.05) is 20.3 Å². The largest absolute Gasteiger partial charge is 0.481 e. The molecule has 0 amide bonds. The topological polar surface area (TPSA) is 67.8 Å². The number of ether oxygens (including phenoxy) is 1. The van der Waals surface area contributed by atoms with E-state index in [-0.39, 0.29) is 12.0 Å². The van der Waals surface area contributed by atoms with Gasteiger partial charge in [0.05, 0.1) is 19.1 Å². The highest BCUT2D eigenvalue weighted by Crippen LogP contribution is 2.27. The lowest BCUT2D eigenvalue weighted by molar-refractivity contribution is -0.150. The Morgan fingerprint density at radius 2 is 2.31 bits per heavy atom. The van der Waals surface area contributed by atoms with E-state index in [1.807, 2.05) is 0 Å². The number of nitrogens with one attached hydrogen (secondary N) is 1. The van der Waals surface area contributed by atoms with Crippen LogP contribution in [0.3, 0.4) is 0 Å². The fourth-order valence-electron chi connectivity index (χ4n) is 1.23. The van der Waals surface area contributed by atoms with Crippen LogP contribution in [-0.4, -0.2) is 37.4 Å². The summed E-state index contributed by atoms with van der Waals surface area (Å²) in [7, 11) is 1.59. The van der Waals surface area contributed by atoms with Crippen molar-refractivity contribution in [1.82, 2.24) is 5.48 Å². The molecule has 1 rings (SSSR count). The highest BCUT2D eigenvalue weighted by atomic mass is 16.7. The number of hydrogen-bond acceptors (Lipinski definition) is 4. The van der Waals surface area contributed by atoms with Crippen molar-refractivity contribution in [2.24, 2.45) is 5.92 Å². The molecular weight excluding hydrogens is 174 g/mol. The average molecular weight is 189 g/mol. The summed E-state index contributed by atoms with van der Waals surface area (Å²) in [5.74, 6) is -1.04. The number of aliphatic carboxylic acids is 1.